The van der Waals surface area contributed by atoms with Gasteiger partial charge in [-0.3, -0.25) is 4.40 Å². The molecular weight excluding hydrogens is 348 g/mol. The van der Waals surface area contributed by atoms with Crippen LogP contribution in [0.5, 0.6) is 0 Å². The number of halogens is 1. The van der Waals surface area contributed by atoms with Gasteiger partial charge in [-0.05, 0) is 53.9 Å². The molecule has 0 saturated heterocycles. The normalized spacial score (nSPS) is 11.0. The number of carboxylic acid groups (broad SMARTS) is 1. The first-order valence-electron chi connectivity index (χ1n) is 8.10. The van der Waals surface area contributed by atoms with Crippen molar-refractivity contribution in [1.29, 1.82) is 0 Å². The van der Waals surface area contributed by atoms with E-state index in [0.29, 0.717) is 5.02 Å². The lowest BCUT2D eigenvalue weighted by molar-refractivity contribution is 0.0697. The van der Waals surface area contributed by atoms with Crippen LogP contribution in [0, 0.1) is 6.92 Å². The van der Waals surface area contributed by atoms with E-state index in [1.165, 1.54) is 0 Å². The minimum Gasteiger partial charge on any atom is -0.478 e. The zero-order chi connectivity index (χ0) is 18.3. The molecule has 0 saturated carbocycles. The lowest BCUT2D eigenvalue weighted by Gasteiger charge is -2.09. The number of hydrogen-bond donors (Lipinski definition) is 1. The van der Waals surface area contributed by atoms with Gasteiger partial charge in [-0.1, -0.05) is 35.9 Å². The number of aromatic nitrogens is 2. The summed E-state index contributed by atoms with van der Waals surface area (Å²) in [6, 6.07) is 16.8. The zero-order valence-electron chi connectivity index (χ0n) is 14.0. The van der Waals surface area contributed by atoms with E-state index in [2.05, 4.69) is 4.98 Å². The highest BCUT2D eigenvalue weighted by Gasteiger charge is 2.11. The van der Waals surface area contributed by atoms with Crippen molar-refractivity contribution in [2.24, 2.45) is 0 Å². The van der Waals surface area contributed by atoms with Crippen LogP contribution in [-0.2, 0) is 0 Å². The molecule has 0 radical (unpaired) electrons. The molecule has 2 aromatic heterocycles. The fourth-order valence-electron chi connectivity index (χ4n) is 3.11. The highest BCUT2D eigenvalue weighted by Crippen LogP contribution is 2.28. The van der Waals surface area contributed by atoms with Gasteiger partial charge in [-0.15, -0.1) is 0 Å². The van der Waals surface area contributed by atoms with E-state index in [1.807, 2.05) is 66.2 Å². The van der Waals surface area contributed by atoms with Crippen molar-refractivity contribution in [3.05, 3.63) is 83.1 Å². The third-order valence-electron chi connectivity index (χ3n) is 4.39. The van der Waals surface area contributed by atoms with Gasteiger partial charge in [0.05, 0.1) is 17.3 Å². The zero-order valence-corrected chi connectivity index (χ0v) is 14.7. The van der Waals surface area contributed by atoms with Crippen LogP contribution in [0.15, 0.2) is 67.0 Å². The highest BCUT2D eigenvalue weighted by atomic mass is 35.5. The van der Waals surface area contributed by atoms with Gasteiger partial charge >= 0.3 is 5.97 Å². The number of aryl methyl sites for hydroxylation is 1. The highest BCUT2D eigenvalue weighted by molar-refractivity contribution is 6.30. The number of imidazole rings is 1. The third kappa shape index (κ3) is 2.85. The van der Waals surface area contributed by atoms with Crippen molar-refractivity contribution in [2.45, 2.75) is 6.92 Å². The van der Waals surface area contributed by atoms with Gasteiger partial charge in [-0.25, -0.2) is 9.78 Å². The van der Waals surface area contributed by atoms with Crippen LogP contribution >= 0.6 is 11.6 Å². The van der Waals surface area contributed by atoms with Gasteiger partial charge in [0.15, 0.2) is 0 Å². The molecule has 0 aliphatic carbocycles. The van der Waals surface area contributed by atoms with Gasteiger partial charge in [0.1, 0.15) is 5.82 Å². The number of rotatable bonds is 3. The molecule has 2 heterocycles. The Morgan fingerprint density at radius 3 is 2.65 bits per heavy atom. The molecule has 128 valence electrons. The molecule has 0 unspecified atom stereocenters. The van der Waals surface area contributed by atoms with Crippen molar-refractivity contribution in [3.63, 3.8) is 0 Å². The minimum atomic E-state index is -0.923. The summed E-state index contributed by atoms with van der Waals surface area (Å²) in [5.41, 5.74) is 5.09. The summed E-state index contributed by atoms with van der Waals surface area (Å²) >= 11 is 6.12. The SMILES string of the molecule is Cc1cc(C(=O)O)ccc1-c1ccc2cnc(-c3cccc(Cl)c3)n2c1. The number of carbonyl (C=O) groups is 1. The largest absolute Gasteiger partial charge is 0.478 e. The van der Waals surface area contributed by atoms with Crippen molar-refractivity contribution in [2.75, 3.05) is 0 Å². The summed E-state index contributed by atoms with van der Waals surface area (Å²) in [6.45, 7) is 1.91. The first kappa shape index (κ1) is 16.4. The smallest absolute Gasteiger partial charge is 0.335 e. The molecule has 4 aromatic rings. The van der Waals surface area contributed by atoms with Crippen LogP contribution in [0.2, 0.25) is 5.02 Å². The van der Waals surface area contributed by atoms with E-state index >= 15 is 0 Å². The monoisotopic (exact) mass is 362 g/mol. The lowest BCUT2D eigenvalue weighted by atomic mass is 9.99. The molecule has 0 amide bonds. The molecular formula is C21H15ClN2O2. The summed E-state index contributed by atoms with van der Waals surface area (Å²) in [5.74, 6) is -0.114. The molecule has 26 heavy (non-hydrogen) atoms. The van der Waals surface area contributed by atoms with E-state index in [1.54, 1.807) is 12.1 Å². The Morgan fingerprint density at radius 1 is 1.08 bits per heavy atom. The quantitative estimate of drug-likeness (QED) is 0.536. The van der Waals surface area contributed by atoms with Gasteiger partial charge < -0.3 is 5.11 Å². The molecule has 0 spiro atoms. The molecule has 0 aliphatic rings. The predicted molar refractivity (Wildman–Crippen MR) is 103 cm³/mol. The van der Waals surface area contributed by atoms with E-state index < -0.39 is 5.97 Å². The average molecular weight is 363 g/mol. The van der Waals surface area contributed by atoms with Crippen molar-refractivity contribution in [3.8, 4) is 22.5 Å². The standard InChI is InChI=1S/C21H15ClN2O2/c1-13-9-15(21(25)26)6-8-19(13)16-5-7-18-11-23-20(24(18)12-16)14-3-2-4-17(22)10-14/h2-12H,1H3,(H,25,26). The van der Waals surface area contributed by atoms with E-state index in [4.69, 9.17) is 16.7 Å². The topological polar surface area (TPSA) is 54.6 Å². The Hall–Kier alpha value is -3.11. The van der Waals surface area contributed by atoms with Crippen molar-refractivity contribution < 1.29 is 9.90 Å². The lowest BCUT2D eigenvalue weighted by Crippen LogP contribution is -1.97. The molecule has 4 rings (SSSR count). The average Bonchev–Trinajstić information content (AvgIpc) is 3.04. The molecule has 2 aromatic carbocycles. The Labute approximate surface area is 155 Å². The van der Waals surface area contributed by atoms with Gasteiger partial charge in [-0.2, -0.15) is 0 Å². The first-order chi connectivity index (χ1) is 12.5. The number of benzene rings is 2. The second-order valence-corrected chi connectivity index (χ2v) is 6.58. The molecule has 1 N–H and O–H groups in total. The maximum Gasteiger partial charge on any atom is 0.335 e. The van der Waals surface area contributed by atoms with Crippen LogP contribution in [-0.4, -0.2) is 20.5 Å². The molecule has 5 heteroatoms. The van der Waals surface area contributed by atoms with Crippen molar-refractivity contribution in [1.82, 2.24) is 9.38 Å². The Balaban J connectivity index is 1.86. The number of hydrogen-bond acceptors (Lipinski definition) is 2. The fraction of sp³-hybridized carbons (Fsp3) is 0.0476. The summed E-state index contributed by atoms with van der Waals surface area (Å²) in [4.78, 5) is 15.7. The second kappa shape index (κ2) is 6.32. The predicted octanol–water partition coefficient (Wildman–Crippen LogP) is 5.33. The molecule has 0 aliphatic heterocycles. The maximum absolute atomic E-state index is 11.1. The van der Waals surface area contributed by atoms with Crippen LogP contribution in [0.4, 0.5) is 0 Å². The number of fused-ring (bicyclic) bond motifs is 1. The Morgan fingerprint density at radius 2 is 1.92 bits per heavy atom. The van der Waals surface area contributed by atoms with Gasteiger partial charge in [0, 0.05) is 16.8 Å². The summed E-state index contributed by atoms with van der Waals surface area (Å²) in [5, 5.41) is 9.81. The fourth-order valence-corrected chi connectivity index (χ4v) is 3.30. The molecule has 0 fully saturated rings. The van der Waals surface area contributed by atoms with Gasteiger partial charge in [0.25, 0.3) is 0 Å². The number of aromatic carboxylic acids is 1. The van der Waals surface area contributed by atoms with Crippen LogP contribution in [0.25, 0.3) is 28.0 Å². The van der Waals surface area contributed by atoms with E-state index in [-0.39, 0.29) is 5.56 Å². The van der Waals surface area contributed by atoms with Gasteiger partial charge in [0.2, 0.25) is 0 Å². The number of pyridine rings is 1. The minimum absolute atomic E-state index is 0.287. The Bertz CT molecular complexity index is 1150. The number of nitrogens with zero attached hydrogens (tertiary/aromatic N) is 2. The van der Waals surface area contributed by atoms with Crippen molar-refractivity contribution >= 4 is 23.1 Å². The molecule has 0 atom stereocenters. The van der Waals surface area contributed by atoms with Crippen LogP contribution in [0.3, 0.4) is 0 Å². The third-order valence-corrected chi connectivity index (χ3v) is 4.63. The summed E-state index contributed by atoms with van der Waals surface area (Å²) in [7, 11) is 0. The Kier molecular flexibility index (Phi) is 3.98. The van der Waals surface area contributed by atoms with Crippen LogP contribution in [0.1, 0.15) is 15.9 Å². The van der Waals surface area contributed by atoms with Crippen LogP contribution < -0.4 is 0 Å². The summed E-state index contributed by atoms with van der Waals surface area (Å²) < 4.78 is 2.02. The van der Waals surface area contributed by atoms with E-state index in [0.717, 1.165) is 33.6 Å². The molecule has 0 bridgehead atoms. The van der Waals surface area contributed by atoms with E-state index in [9.17, 15) is 4.79 Å². The second-order valence-electron chi connectivity index (χ2n) is 6.14. The molecule has 4 nitrogen and oxygen atoms in total. The first-order valence-corrected chi connectivity index (χ1v) is 8.48. The number of carboxylic acids is 1. The maximum atomic E-state index is 11.1. The summed E-state index contributed by atoms with van der Waals surface area (Å²) in [6.07, 6.45) is 3.84.